The Morgan fingerprint density at radius 2 is 2.04 bits per heavy atom. The smallest absolute Gasteiger partial charge is 0.238 e. The predicted molar refractivity (Wildman–Crippen MR) is 103 cm³/mol. The van der Waals surface area contributed by atoms with Crippen molar-refractivity contribution in [1.82, 2.24) is 10.2 Å². The van der Waals surface area contributed by atoms with Gasteiger partial charge in [-0.1, -0.05) is 24.6 Å². The molecule has 6 nitrogen and oxygen atoms in total. The molecule has 0 unspecified atom stereocenters. The summed E-state index contributed by atoms with van der Waals surface area (Å²) in [5.41, 5.74) is 0.697. The Kier molecular flexibility index (Phi) is 7.60. The molecule has 1 aromatic heterocycles. The van der Waals surface area contributed by atoms with Gasteiger partial charge in [-0.25, -0.2) is 0 Å². The lowest BCUT2D eigenvalue weighted by Gasteiger charge is -2.19. The van der Waals surface area contributed by atoms with Gasteiger partial charge >= 0.3 is 0 Å². The van der Waals surface area contributed by atoms with E-state index in [0.717, 1.165) is 4.88 Å². The van der Waals surface area contributed by atoms with Gasteiger partial charge in [0.05, 0.1) is 30.9 Å². The lowest BCUT2D eigenvalue weighted by Crippen LogP contribution is -2.40. The molecule has 1 heterocycles. The summed E-state index contributed by atoms with van der Waals surface area (Å²) in [6.07, 6.45) is 0. The first-order chi connectivity index (χ1) is 12.5. The summed E-state index contributed by atoms with van der Waals surface area (Å²) in [4.78, 5) is 27.1. The van der Waals surface area contributed by atoms with Crippen molar-refractivity contribution in [3.63, 3.8) is 0 Å². The molecule has 0 aliphatic rings. The van der Waals surface area contributed by atoms with E-state index < -0.39 is 0 Å². The topological polar surface area (TPSA) is 85.2 Å². The molecule has 2 aromatic rings. The summed E-state index contributed by atoms with van der Waals surface area (Å²) in [5, 5.41) is 17.0. The number of amides is 2. The van der Waals surface area contributed by atoms with E-state index in [0.29, 0.717) is 29.4 Å². The van der Waals surface area contributed by atoms with E-state index in [9.17, 15) is 9.59 Å². The zero-order chi connectivity index (χ0) is 18.9. The maximum absolute atomic E-state index is 12.3. The van der Waals surface area contributed by atoms with Crippen LogP contribution in [0.5, 0.6) is 0 Å². The first-order valence-corrected chi connectivity index (χ1v) is 9.28. The van der Waals surface area contributed by atoms with E-state index in [4.69, 9.17) is 16.9 Å². The standard InChI is InChI=1S/C18H19ClN4O2S/c1-2-23(11-17(24)21-10-15-4-3-7-26-15)12-18(25)22-16-8-14(19)6-5-13(16)9-20/h3-8H,2,10-12H2,1H3,(H,21,24)(H,22,25). The molecular weight excluding hydrogens is 372 g/mol. The number of halogens is 1. The summed E-state index contributed by atoms with van der Waals surface area (Å²) in [6.45, 7) is 3.06. The van der Waals surface area contributed by atoms with Crippen LogP contribution in [0.4, 0.5) is 5.69 Å². The van der Waals surface area contributed by atoms with Crippen molar-refractivity contribution in [3.8, 4) is 6.07 Å². The minimum absolute atomic E-state index is 0.0420. The van der Waals surface area contributed by atoms with Crippen molar-refractivity contribution in [1.29, 1.82) is 5.26 Å². The molecule has 0 aliphatic carbocycles. The fourth-order valence-electron chi connectivity index (χ4n) is 2.25. The molecule has 2 amide bonds. The highest BCUT2D eigenvalue weighted by molar-refractivity contribution is 7.09. The van der Waals surface area contributed by atoms with Gasteiger partial charge in [0.25, 0.3) is 0 Å². The van der Waals surface area contributed by atoms with Gasteiger partial charge in [0, 0.05) is 9.90 Å². The molecule has 0 saturated carbocycles. The number of nitrogens with zero attached hydrogens (tertiary/aromatic N) is 2. The molecule has 0 fully saturated rings. The molecule has 0 aliphatic heterocycles. The summed E-state index contributed by atoms with van der Waals surface area (Å²) in [6, 6.07) is 10.6. The fraction of sp³-hybridized carbons (Fsp3) is 0.278. The van der Waals surface area contributed by atoms with E-state index in [1.54, 1.807) is 28.4 Å². The minimum atomic E-state index is -0.309. The van der Waals surface area contributed by atoms with E-state index in [1.807, 2.05) is 30.5 Å². The van der Waals surface area contributed by atoms with Crippen LogP contribution in [-0.2, 0) is 16.1 Å². The van der Waals surface area contributed by atoms with Crippen molar-refractivity contribution in [2.45, 2.75) is 13.5 Å². The number of anilines is 1. The molecule has 2 N–H and O–H groups in total. The van der Waals surface area contributed by atoms with Gasteiger partial charge in [-0.2, -0.15) is 5.26 Å². The Labute approximate surface area is 161 Å². The molecule has 8 heteroatoms. The summed E-state index contributed by atoms with van der Waals surface area (Å²) in [5.74, 6) is -0.454. The Hall–Kier alpha value is -2.40. The van der Waals surface area contributed by atoms with Gasteiger partial charge in [0.1, 0.15) is 6.07 Å². The first kappa shape index (κ1) is 19.9. The second-order valence-corrected chi connectivity index (χ2v) is 6.98. The van der Waals surface area contributed by atoms with Crippen LogP contribution < -0.4 is 10.6 Å². The number of carbonyl (C=O) groups is 2. The third-order valence-corrected chi connectivity index (χ3v) is 4.71. The van der Waals surface area contributed by atoms with Crippen LogP contribution in [-0.4, -0.2) is 36.3 Å². The molecule has 0 radical (unpaired) electrons. The van der Waals surface area contributed by atoms with Crippen LogP contribution >= 0.6 is 22.9 Å². The highest BCUT2D eigenvalue weighted by Gasteiger charge is 2.14. The summed E-state index contributed by atoms with van der Waals surface area (Å²) in [7, 11) is 0. The number of carbonyl (C=O) groups excluding carboxylic acids is 2. The number of nitrogens with one attached hydrogen (secondary N) is 2. The summed E-state index contributed by atoms with van der Waals surface area (Å²) >= 11 is 7.49. The number of benzene rings is 1. The SMILES string of the molecule is CCN(CC(=O)NCc1cccs1)CC(=O)Nc1cc(Cl)ccc1C#N. The normalized spacial score (nSPS) is 10.4. The van der Waals surface area contributed by atoms with Gasteiger partial charge in [-0.05, 0) is 36.2 Å². The second-order valence-electron chi connectivity index (χ2n) is 5.51. The van der Waals surface area contributed by atoms with E-state index in [2.05, 4.69) is 10.6 Å². The van der Waals surface area contributed by atoms with Crippen LogP contribution in [0.25, 0.3) is 0 Å². The highest BCUT2D eigenvalue weighted by atomic mass is 35.5. The van der Waals surface area contributed by atoms with E-state index in [1.165, 1.54) is 6.07 Å². The Bertz CT molecular complexity index is 802. The monoisotopic (exact) mass is 390 g/mol. The van der Waals surface area contributed by atoms with Crippen LogP contribution in [0.15, 0.2) is 35.7 Å². The van der Waals surface area contributed by atoms with Crippen LogP contribution in [0.2, 0.25) is 5.02 Å². The van der Waals surface area contributed by atoms with Crippen LogP contribution in [0.1, 0.15) is 17.4 Å². The van der Waals surface area contributed by atoms with Crippen LogP contribution in [0, 0.1) is 11.3 Å². The zero-order valence-corrected chi connectivity index (χ0v) is 15.9. The second kappa shape index (κ2) is 9.92. The average molecular weight is 391 g/mol. The number of thiophene rings is 1. The van der Waals surface area contributed by atoms with E-state index >= 15 is 0 Å². The van der Waals surface area contributed by atoms with Crippen molar-refractivity contribution in [2.75, 3.05) is 25.0 Å². The maximum Gasteiger partial charge on any atom is 0.238 e. The van der Waals surface area contributed by atoms with Gasteiger partial charge in [0.2, 0.25) is 11.8 Å². The number of likely N-dealkylation sites (N-methyl/N-ethyl adjacent to an activating group) is 1. The Morgan fingerprint density at radius 1 is 1.27 bits per heavy atom. The minimum Gasteiger partial charge on any atom is -0.350 e. The number of rotatable bonds is 8. The molecule has 0 spiro atoms. The maximum atomic E-state index is 12.3. The van der Waals surface area contributed by atoms with Crippen molar-refractivity contribution in [3.05, 3.63) is 51.2 Å². The first-order valence-electron chi connectivity index (χ1n) is 8.02. The molecule has 0 bridgehead atoms. The van der Waals surface area contributed by atoms with E-state index in [-0.39, 0.29) is 24.9 Å². The van der Waals surface area contributed by atoms with Crippen LogP contribution in [0.3, 0.4) is 0 Å². The van der Waals surface area contributed by atoms with Gasteiger partial charge in [0.15, 0.2) is 0 Å². The average Bonchev–Trinajstić information content (AvgIpc) is 3.13. The summed E-state index contributed by atoms with van der Waals surface area (Å²) < 4.78 is 0. The number of hydrogen-bond acceptors (Lipinski definition) is 5. The quantitative estimate of drug-likeness (QED) is 0.725. The van der Waals surface area contributed by atoms with Gasteiger partial charge in [-0.3, -0.25) is 14.5 Å². The van der Waals surface area contributed by atoms with Crippen molar-refractivity contribution >= 4 is 40.4 Å². The Morgan fingerprint density at radius 3 is 2.69 bits per heavy atom. The largest absolute Gasteiger partial charge is 0.350 e. The molecule has 0 atom stereocenters. The third-order valence-electron chi connectivity index (χ3n) is 3.60. The lowest BCUT2D eigenvalue weighted by molar-refractivity contribution is -0.123. The Balaban J connectivity index is 1.86. The van der Waals surface area contributed by atoms with Gasteiger partial charge in [-0.15, -0.1) is 11.3 Å². The van der Waals surface area contributed by atoms with Gasteiger partial charge < -0.3 is 10.6 Å². The molecule has 1 aromatic carbocycles. The molecule has 136 valence electrons. The number of hydrogen-bond donors (Lipinski definition) is 2. The van der Waals surface area contributed by atoms with Crippen molar-refractivity contribution in [2.24, 2.45) is 0 Å². The molecule has 2 rings (SSSR count). The third kappa shape index (κ3) is 6.15. The number of nitriles is 1. The molecule has 0 saturated heterocycles. The lowest BCUT2D eigenvalue weighted by atomic mass is 10.2. The highest BCUT2D eigenvalue weighted by Crippen LogP contribution is 2.20. The fourth-order valence-corrected chi connectivity index (χ4v) is 3.06. The molecular formula is C18H19ClN4O2S. The predicted octanol–water partition coefficient (Wildman–Crippen LogP) is 2.85. The zero-order valence-electron chi connectivity index (χ0n) is 14.3. The molecule has 26 heavy (non-hydrogen) atoms. The van der Waals surface area contributed by atoms with Crippen molar-refractivity contribution < 1.29 is 9.59 Å².